The van der Waals surface area contributed by atoms with Gasteiger partial charge in [-0.3, -0.25) is 0 Å². The van der Waals surface area contributed by atoms with Crippen LogP contribution in [0.25, 0.3) is 0 Å². The largest absolute Gasteiger partial charge is 0.356 e. The van der Waals surface area contributed by atoms with Crippen molar-refractivity contribution >= 4 is 29.0 Å². The number of hydrogen-bond donors (Lipinski definition) is 0. The molecule has 1 atom stereocenters. The molecule has 7 heteroatoms. The molecule has 19 heavy (non-hydrogen) atoms. The Hall–Kier alpha value is -1.38. The highest BCUT2D eigenvalue weighted by molar-refractivity contribution is 6.34. The maximum absolute atomic E-state index is 8.92. The summed E-state index contributed by atoms with van der Waals surface area (Å²) in [5.74, 6) is 0.637. The van der Waals surface area contributed by atoms with Gasteiger partial charge in [0.15, 0.2) is 0 Å². The first kappa shape index (κ1) is 14.0. The van der Waals surface area contributed by atoms with E-state index in [1.165, 1.54) is 0 Å². The van der Waals surface area contributed by atoms with Crippen LogP contribution < -0.4 is 0 Å². The van der Waals surface area contributed by atoms with Crippen LogP contribution in [0.4, 0.5) is 0 Å². The molecule has 0 aromatic carbocycles. The van der Waals surface area contributed by atoms with E-state index in [4.69, 9.17) is 28.5 Å². The van der Waals surface area contributed by atoms with Gasteiger partial charge in [-0.05, 0) is 31.4 Å². The molecule has 0 aliphatic heterocycles. The van der Waals surface area contributed by atoms with Gasteiger partial charge in [0, 0.05) is 19.3 Å². The van der Waals surface area contributed by atoms with Gasteiger partial charge in [0.05, 0.1) is 11.6 Å². The number of nitriles is 1. The zero-order valence-electron chi connectivity index (χ0n) is 10.6. The van der Waals surface area contributed by atoms with E-state index < -0.39 is 6.04 Å². The van der Waals surface area contributed by atoms with E-state index in [0.29, 0.717) is 17.4 Å². The van der Waals surface area contributed by atoms with Crippen LogP contribution in [0, 0.1) is 11.3 Å². The molecule has 1 aliphatic carbocycles. The van der Waals surface area contributed by atoms with Crippen LogP contribution in [0.5, 0.6) is 0 Å². The highest BCUT2D eigenvalue weighted by Gasteiger charge is 2.30. The number of aromatic nitrogens is 2. The van der Waals surface area contributed by atoms with Crippen LogP contribution in [-0.4, -0.2) is 39.8 Å². The van der Waals surface area contributed by atoms with Gasteiger partial charge < -0.3 is 4.90 Å². The second kappa shape index (κ2) is 5.72. The van der Waals surface area contributed by atoms with E-state index in [9.17, 15) is 0 Å². The van der Waals surface area contributed by atoms with E-state index in [0.717, 1.165) is 12.8 Å². The average Bonchev–Trinajstić information content (AvgIpc) is 3.20. The molecule has 1 aromatic heterocycles. The molecule has 1 aromatic rings. The quantitative estimate of drug-likeness (QED) is 0.372. The summed E-state index contributed by atoms with van der Waals surface area (Å²) in [6, 6.07) is 2.07. The zero-order valence-corrected chi connectivity index (χ0v) is 12.2. The third-order valence-electron chi connectivity index (χ3n) is 2.89. The van der Waals surface area contributed by atoms with E-state index in [1.807, 2.05) is 11.9 Å². The van der Waals surface area contributed by atoms with Crippen molar-refractivity contribution in [1.29, 1.82) is 5.26 Å². The summed E-state index contributed by atoms with van der Waals surface area (Å²) in [5, 5.41) is 9.26. The average molecular weight is 298 g/mol. The molecule has 0 amide bonds. The number of nitrogens with zero attached hydrogens (tertiary/aromatic N) is 5. The topological polar surface area (TPSA) is 65.2 Å². The van der Waals surface area contributed by atoms with E-state index in [-0.39, 0.29) is 10.4 Å². The van der Waals surface area contributed by atoms with Crippen molar-refractivity contribution in [3.8, 4) is 6.07 Å². The SMILES string of the molecule is CC(C#N)/N=C(/c1cnc(Cl)nc1Cl)N(C)C1CC1. The fourth-order valence-electron chi connectivity index (χ4n) is 1.69. The molecule has 0 spiro atoms. The Kier molecular flexibility index (Phi) is 4.23. The predicted octanol–water partition coefficient (Wildman–Crippen LogP) is 2.54. The minimum atomic E-state index is -0.456. The Morgan fingerprint density at radius 1 is 1.58 bits per heavy atom. The monoisotopic (exact) mass is 297 g/mol. The molecule has 100 valence electrons. The Morgan fingerprint density at radius 3 is 2.79 bits per heavy atom. The number of rotatable bonds is 3. The number of aliphatic imine (C=N–C) groups is 1. The first-order valence-corrected chi connectivity index (χ1v) is 6.67. The Morgan fingerprint density at radius 2 is 2.26 bits per heavy atom. The molecular formula is C12H13Cl2N5. The number of amidine groups is 1. The Labute approximate surface area is 121 Å². The summed E-state index contributed by atoms with van der Waals surface area (Å²) < 4.78 is 0. The van der Waals surface area contributed by atoms with Crippen molar-refractivity contribution < 1.29 is 0 Å². The van der Waals surface area contributed by atoms with Crippen molar-refractivity contribution in [2.45, 2.75) is 31.8 Å². The van der Waals surface area contributed by atoms with Crippen LogP contribution in [0.2, 0.25) is 10.4 Å². The Balaban J connectivity index is 2.41. The van der Waals surface area contributed by atoms with Crippen molar-refractivity contribution in [1.82, 2.24) is 14.9 Å². The van der Waals surface area contributed by atoms with Gasteiger partial charge in [-0.25, -0.2) is 15.0 Å². The molecule has 5 nitrogen and oxygen atoms in total. The lowest BCUT2D eigenvalue weighted by atomic mass is 10.2. The highest BCUT2D eigenvalue weighted by atomic mass is 35.5. The second-order valence-corrected chi connectivity index (χ2v) is 5.14. The molecule has 1 saturated carbocycles. The first-order valence-electron chi connectivity index (χ1n) is 5.91. The predicted molar refractivity (Wildman–Crippen MR) is 74.4 cm³/mol. The Bertz CT molecular complexity index is 548. The summed E-state index contributed by atoms with van der Waals surface area (Å²) in [7, 11) is 1.94. The lowest BCUT2D eigenvalue weighted by Crippen LogP contribution is -2.31. The van der Waals surface area contributed by atoms with E-state index in [2.05, 4.69) is 21.0 Å². The minimum absolute atomic E-state index is 0.0931. The molecule has 0 bridgehead atoms. The summed E-state index contributed by atoms with van der Waals surface area (Å²) in [4.78, 5) is 14.3. The minimum Gasteiger partial charge on any atom is -0.356 e. The smallest absolute Gasteiger partial charge is 0.223 e. The lowest BCUT2D eigenvalue weighted by molar-refractivity contribution is 0.493. The lowest BCUT2D eigenvalue weighted by Gasteiger charge is -2.22. The molecular weight excluding hydrogens is 285 g/mol. The van der Waals surface area contributed by atoms with Gasteiger partial charge in [0.25, 0.3) is 0 Å². The van der Waals surface area contributed by atoms with Crippen LogP contribution in [0.15, 0.2) is 11.2 Å². The molecule has 0 saturated heterocycles. The van der Waals surface area contributed by atoms with Crippen molar-refractivity contribution in [2.24, 2.45) is 4.99 Å². The van der Waals surface area contributed by atoms with Crippen LogP contribution in [-0.2, 0) is 0 Å². The third kappa shape index (κ3) is 3.34. The van der Waals surface area contributed by atoms with Gasteiger partial charge in [0.1, 0.15) is 17.0 Å². The summed E-state index contributed by atoms with van der Waals surface area (Å²) in [6.07, 6.45) is 3.77. The van der Waals surface area contributed by atoms with Gasteiger partial charge in [0.2, 0.25) is 5.28 Å². The van der Waals surface area contributed by atoms with Crippen molar-refractivity contribution in [3.05, 3.63) is 22.2 Å². The first-order chi connectivity index (χ1) is 9.02. The molecule has 1 heterocycles. The molecule has 1 fully saturated rings. The second-order valence-electron chi connectivity index (χ2n) is 4.44. The molecule has 1 unspecified atom stereocenters. The number of hydrogen-bond acceptors (Lipinski definition) is 4. The molecule has 1 aliphatic rings. The van der Waals surface area contributed by atoms with Gasteiger partial charge in [-0.2, -0.15) is 5.26 Å². The standard InChI is InChI=1S/C12H13Cl2N5/c1-7(5-15)17-11(19(2)8-3-4-8)9-6-16-12(14)18-10(9)13/h6-8H,3-4H2,1-2H3/b17-11-. The highest BCUT2D eigenvalue weighted by Crippen LogP contribution is 2.28. The van der Waals surface area contributed by atoms with Gasteiger partial charge in [-0.1, -0.05) is 11.6 Å². The fraction of sp³-hybridized carbons (Fsp3) is 0.500. The van der Waals surface area contributed by atoms with Crippen molar-refractivity contribution in [2.75, 3.05) is 7.05 Å². The van der Waals surface area contributed by atoms with Crippen LogP contribution in [0.1, 0.15) is 25.3 Å². The third-order valence-corrected chi connectivity index (χ3v) is 3.36. The van der Waals surface area contributed by atoms with Crippen molar-refractivity contribution in [3.63, 3.8) is 0 Å². The summed E-state index contributed by atoms with van der Waals surface area (Å²) in [6.45, 7) is 1.73. The molecule has 2 rings (SSSR count). The van der Waals surface area contributed by atoms with Crippen LogP contribution in [0.3, 0.4) is 0 Å². The summed E-state index contributed by atoms with van der Waals surface area (Å²) in [5.41, 5.74) is 0.600. The number of halogens is 2. The molecule has 0 N–H and O–H groups in total. The molecule has 0 radical (unpaired) electrons. The summed E-state index contributed by atoms with van der Waals surface area (Å²) >= 11 is 11.8. The van der Waals surface area contributed by atoms with Crippen LogP contribution >= 0.6 is 23.2 Å². The maximum Gasteiger partial charge on any atom is 0.223 e. The van der Waals surface area contributed by atoms with E-state index >= 15 is 0 Å². The van der Waals surface area contributed by atoms with Gasteiger partial charge >= 0.3 is 0 Å². The fourth-order valence-corrected chi connectivity index (χ4v) is 2.08. The maximum atomic E-state index is 8.92. The van der Waals surface area contributed by atoms with E-state index in [1.54, 1.807) is 13.1 Å². The normalized spacial score (nSPS) is 16.9. The van der Waals surface area contributed by atoms with Gasteiger partial charge in [-0.15, -0.1) is 0 Å². The zero-order chi connectivity index (χ0) is 14.0.